The molecule has 2 N–H and O–H groups in total. The maximum absolute atomic E-state index is 11.9. The Kier molecular flexibility index (Phi) is 2.83. The number of imidazole rings is 1. The largest absolute Gasteiger partial charge is 0.508 e. The lowest BCUT2D eigenvalue weighted by atomic mass is 10.3. The molecule has 0 radical (unpaired) electrons. The number of aromatic hydroxyl groups is 1. The van der Waals surface area contributed by atoms with Crippen molar-refractivity contribution in [2.45, 2.75) is 19.4 Å². The van der Waals surface area contributed by atoms with Crippen molar-refractivity contribution in [1.29, 1.82) is 0 Å². The van der Waals surface area contributed by atoms with E-state index >= 15 is 0 Å². The third-order valence-corrected chi connectivity index (χ3v) is 3.60. The molecule has 0 spiro atoms. The molecule has 1 aromatic heterocycles. The van der Waals surface area contributed by atoms with Crippen molar-refractivity contribution < 1.29 is 5.11 Å². The van der Waals surface area contributed by atoms with Crippen LogP contribution in [0.4, 0.5) is 0 Å². The van der Waals surface area contributed by atoms with Gasteiger partial charge in [0.1, 0.15) is 5.75 Å². The molecule has 0 amide bonds. The van der Waals surface area contributed by atoms with Crippen LogP contribution in [0.25, 0.3) is 11.0 Å². The van der Waals surface area contributed by atoms with Crippen molar-refractivity contribution in [3.8, 4) is 5.75 Å². The molecule has 1 aliphatic heterocycles. The summed E-state index contributed by atoms with van der Waals surface area (Å²) in [6, 6.07) is 4.98. The minimum absolute atomic E-state index is 0.102. The molecule has 2 aromatic rings. The molecule has 0 atom stereocenters. The van der Waals surface area contributed by atoms with Crippen LogP contribution >= 0.6 is 0 Å². The number of hydrogen-bond acceptors (Lipinski definition) is 3. The third-order valence-electron chi connectivity index (χ3n) is 3.60. The average molecular weight is 247 g/mol. The van der Waals surface area contributed by atoms with Crippen molar-refractivity contribution in [2.75, 3.05) is 19.6 Å². The fourth-order valence-corrected chi connectivity index (χ4v) is 2.62. The highest BCUT2D eigenvalue weighted by Gasteiger charge is 2.13. The zero-order valence-corrected chi connectivity index (χ0v) is 10.2. The van der Waals surface area contributed by atoms with E-state index in [4.69, 9.17) is 0 Å². The van der Waals surface area contributed by atoms with E-state index in [2.05, 4.69) is 9.88 Å². The number of phenols is 1. The summed E-state index contributed by atoms with van der Waals surface area (Å²) in [7, 11) is 0. The van der Waals surface area contributed by atoms with Gasteiger partial charge < -0.3 is 15.0 Å². The second-order valence-corrected chi connectivity index (χ2v) is 4.83. The first-order valence-corrected chi connectivity index (χ1v) is 6.38. The van der Waals surface area contributed by atoms with Crippen molar-refractivity contribution in [3.05, 3.63) is 28.7 Å². The van der Waals surface area contributed by atoms with Crippen molar-refractivity contribution in [2.24, 2.45) is 0 Å². The molecule has 5 heteroatoms. The van der Waals surface area contributed by atoms with Gasteiger partial charge in [-0.2, -0.15) is 0 Å². The molecule has 0 aliphatic carbocycles. The summed E-state index contributed by atoms with van der Waals surface area (Å²) in [6.45, 7) is 3.88. The van der Waals surface area contributed by atoms with E-state index in [9.17, 15) is 9.90 Å². The van der Waals surface area contributed by atoms with E-state index in [1.54, 1.807) is 22.8 Å². The van der Waals surface area contributed by atoms with Gasteiger partial charge >= 0.3 is 5.69 Å². The van der Waals surface area contributed by atoms with Gasteiger partial charge in [0.15, 0.2) is 0 Å². The number of likely N-dealkylation sites (tertiary alicyclic amines) is 1. The number of aromatic amines is 1. The molecule has 0 bridgehead atoms. The van der Waals surface area contributed by atoms with E-state index < -0.39 is 0 Å². The topological polar surface area (TPSA) is 61.3 Å². The minimum Gasteiger partial charge on any atom is -0.508 e. The van der Waals surface area contributed by atoms with E-state index in [0.29, 0.717) is 12.1 Å². The molecule has 2 heterocycles. The summed E-state index contributed by atoms with van der Waals surface area (Å²) in [4.78, 5) is 17.0. The number of benzene rings is 1. The lowest BCUT2D eigenvalue weighted by Gasteiger charge is -2.14. The van der Waals surface area contributed by atoms with Crippen LogP contribution in [0.5, 0.6) is 5.75 Å². The predicted octanol–water partition coefficient (Wildman–Crippen LogP) is 1.13. The predicted molar refractivity (Wildman–Crippen MR) is 69.9 cm³/mol. The highest BCUT2D eigenvalue weighted by molar-refractivity contribution is 5.76. The standard InChI is InChI=1S/C13H17N3O2/c17-10-3-4-12-11(9-10)14-13(18)16(12)8-7-15-5-1-2-6-15/h3-4,9,17H,1-2,5-8H2,(H,14,18). The maximum atomic E-state index is 11.9. The molecule has 96 valence electrons. The smallest absolute Gasteiger partial charge is 0.326 e. The van der Waals surface area contributed by atoms with Gasteiger partial charge in [0, 0.05) is 19.2 Å². The zero-order chi connectivity index (χ0) is 12.5. The highest BCUT2D eigenvalue weighted by atomic mass is 16.3. The summed E-state index contributed by atoms with van der Waals surface area (Å²) < 4.78 is 1.74. The molecule has 18 heavy (non-hydrogen) atoms. The maximum Gasteiger partial charge on any atom is 0.326 e. The first kappa shape index (κ1) is 11.3. The second-order valence-electron chi connectivity index (χ2n) is 4.83. The van der Waals surface area contributed by atoms with Gasteiger partial charge in [-0.3, -0.25) is 4.57 Å². The van der Waals surface area contributed by atoms with E-state index in [-0.39, 0.29) is 11.4 Å². The molecule has 3 rings (SSSR count). The third kappa shape index (κ3) is 2.01. The number of nitrogens with zero attached hydrogens (tertiary/aromatic N) is 2. The Bertz CT molecular complexity index is 608. The average Bonchev–Trinajstić information content (AvgIpc) is 2.93. The van der Waals surface area contributed by atoms with Crippen molar-refractivity contribution in [3.63, 3.8) is 0 Å². The number of phenolic OH excluding ortho intramolecular Hbond substituents is 1. The van der Waals surface area contributed by atoms with Crippen molar-refractivity contribution >= 4 is 11.0 Å². The number of aromatic nitrogens is 2. The molecule has 0 saturated carbocycles. The summed E-state index contributed by atoms with van der Waals surface area (Å²) in [5.74, 6) is 0.176. The Labute approximate surface area is 105 Å². The molecular formula is C13H17N3O2. The van der Waals surface area contributed by atoms with E-state index in [1.165, 1.54) is 12.8 Å². The molecule has 1 aromatic carbocycles. The van der Waals surface area contributed by atoms with E-state index in [0.717, 1.165) is 25.2 Å². The van der Waals surface area contributed by atoms with Gasteiger partial charge in [-0.25, -0.2) is 4.79 Å². The van der Waals surface area contributed by atoms with Crippen LogP contribution < -0.4 is 5.69 Å². The Morgan fingerprint density at radius 3 is 2.78 bits per heavy atom. The van der Waals surface area contributed by atoms with Crippen LogP contribution in [-0.2, 0) is 6.54 Å². The van der Waals surface area contributed by atoms with Gasteiger partial charge in [0.05, 0.1) is 11.0 Å². The highest BCUT2D eigenvalue weighted by Crippen LogP contribution is 2.17. The Morgan fingerprint density at radius 2 is 2.00 bits per heavy atom. The number of H-pyrrole nitrogens is 1. The molecule has 1 saturated heterocycles. The summed E-state index contributed by atoms with van der Waals surface area (Å²) in [6.07, 6.45) is 2.52. The van der Waals surface area contributed by atoms with Gasteiger partial charge in [-0.15, -0.1) is 0 Å². The SMILES string of the molecule is O=c1[nH]c2cc(O)ccc2n1CCN1CCCC1. The molecule has 1 aliphatic rings. The van der Waals surface area contributed by atoms with Crippen LogP contribution in [0.15, 0.2) is 23.0 Å². The Balaban J connectivity index is 1.86. The minimum atomic E-state index is -0.102. The van der Waals surface area contributed by atoms with Crippen LogP contribution in [0.1, 0.15) is 12.8 Å². The second kappa shape index (κ2) is 4.49. The monoisotopic (exact) mass is 247 g/mol. The molecule has 1 fully saturated rings. The normalized spacial score (nSPS) is 16.7. The van der Waals surface area contributed by atoms with Gasteiger partial charge in [0.25, 0.3) is 0 Å². The lowest BCUT2D eigenvalue weighted by Crippen LogP contribution is -2.28. The summed E-state index contributed by atoms with van der Waals surface area (Å²) in [5, 5.41) is 9.39. The molecular weight excluding hydrogens is 230 g/mol. The Hall–Kier alpha value is -1.75. The zero-order valence-electron chi connectivity index (χ0n) is 10.2. The van der Waals surface area contributed by atoms with Crippen LogP contribution in [0.3, 0.4) is 0 Å². The number of fused-ring (bicyclic) bond motifs is 1. The summed E-state index contributed by atoms with van der Waals surface area (Å²) in [5.41, 5.74) is 1.45. The van der Waals surface area contributed by atoms with Crippen LogP contribution in [0, 0.1) is 0 Å². The number of hydrogen-bond donors (Lipinski definition) is 2. The fraction of sp³-hybridized carbons (Fsp3) is 0.462. The van der Waals surface area contributed by atoms with Crippen molar-refractivity contribution in [1.82, 2.24) is 14.5 Å². The van der Waals surface area contributed by atoms with Crippen LogP contribution in [0.2, 0.25) is 0 Å². The Morgan fingerprint density at radius 1 is 1.22 bits per heavy atom. The number of nitrogens with one attached hydrogen (secondary N) is 1. The lowest BCUT2D eigenvalue weighted by molar-refractivity contribution is 0.322. The summed E-state index contributed by atoms with van der Waals surface area (Å²) >= 11 is 0. The van der Waals surface area contributed by atoms with Crippen LogP contribution in [-0.4, -0.2) is 39.2 Å². The number of rotatable bonds is 3. The fourth-order valence-electron chi connectivity index (χ4n) is 2.62. The molecule has 5 nitrogen and oxygen atoms in total. The molecule has 0 unspecified atom stereocenters. The van der Waals surface area contributed by atoms with Gasteiger partial charge in [-0.05, 0) is 38.1 Å². The van der Waals surface area contributed by atoms with Gasteiger partial charge in [-0.1, -0.05) is 0 Å². The van der Waals surface area contributed by atoms with E-state index in [1.807, 2.05) is 0 Å². The first-order chi connectivity index (χ1) is 8.74. The first-order valence-electron chi connectivity index (χ1n) is 6.38. The van der Waals surface area contributed by atoms with Gasteiger partial charge in [0.2, 0.25) is 0 Å². The quantitative estimate of drug-likeness (QED) is 0.854.